The second-order valence-corrected chi connectivity index (χ2v) is 5.42. The molecule has 0 spiro atoms. The van der Waals surface area contributed by atoms with Crippen LogP contribution in [0.1, 0.15) is 28.4 Å². The molecule has 0 saturated heterocycles. The Morgan fingerprint density at radius 1 is 1.12 bits per heavy atom. The number of nitrogens with zero attached hydrogens (tertiary/aromatic N) is 1. The smallest absolute Gasteiger partial charge is 0.248 e. The van der Waals surface area contributed by atoms with Crippen LogP contribution in [-0.2, 0) is 13.1 Å². The average Bonchev–Trinajstić information content (AvgIpc) is 2.64. The standard InChI is InChI=1S/C19H24N4O2/c1-3-21-19(23-13-16-6-4-5-7-17(16)25-2)22-12-14-8-10-15(11-9-14)18(20)24/h4-11H,3,12-13H2,1-2H3,(H2,20,24)(H2,21,22,23). The lowest BCUT2D eigenvalue weighted by molar-refractivity contribution is 0.100. The fourth-order valence-corrected chi connectivity index (χ4v) is 2.31. The topological polar surface area (TPSA) is 88.7 Å². The van der Waals surface area contributed by atoms with Crippen molar-refractivity contribution < 1.29 is 9.53 Å². The minimum Gasteiger partial charge on any atom is -0.496 e. The minimum absolute atomic E-state index is 0.429. The number of nitrogens with one attached hydrogen (secondary N) is 2. The molecule has 2 aromatic rings. The Kier molecular flexibility index (Phi) is 6.83. The highest BCUT2D eigenvalue weighted by molar-refractivity contribution is 5.92. The van der Waals surface area contributed by atoms with E-state index in [1.807, 2.05) is 43.3 Å². The van der Waals surface area contributed by atoms with Crippen LogP contribution in [0, 0.1) is 0 Å². The van der Waals surface area contributed by atoms with E-state index in [1.54, 1.807) is 19.2 Å². The van der Waals surface area contributed by atoms with Gasteiger partial charge in [-0.3, -0.25) is 4.79 Å². The number of benzene rings is 2. The maximum atomic E-state index is 11.1. The molecule has 0 aliphatic heterocycles. The molecule has 6 heteroatoms. The third kappa shape index (κ3) is 5.53. The number of hydrogen-bond donors (Lipinski definition) is 3. The Morgan fingerprint density at radius 3 is 2.48 bits per heavy atom. The van der Waals surface area contributed by atoms with Gasteiger partial charge in [0.05, 0.1) is 13.7 Å². The van der Waals surface area contributed by atoms with Gasteiger partial charge in [0.15, 0.2) is 5.96 Å². The highest BCUT2D eigenvalue weighted by atomic mass is 16.5. The van der Waals surface area contributed by atoms with E-state index in [0.717, 1.165) is 23.4 Å². The summed E-state index contributed by atoms with van der Waals surface area (Å²) in [7, 11) is 1.66. The number of primary amides is 1. The third-order valence-electron chi connectivity index (χ3n) is 3.64. The number of carbonyl (C=O) groups excluding carboxylic acids is 1. The van der Waals surface area contributed by atoms with Gasteiger partial charge < -0.3 is 21.1 Å². The lowest BCUT2D eigenvalue weighted by Crippen LogP contribution is -2.36. The molecule has 0 aliphatic rings. The first-order chi connectivity index (χ1) is 12.1. The summed E-state index contributed by atoms with van der Waals surface area (Å²) in [5, 5.41) is 6.51. The Bertz CT molecular complexity index is 726. The van der Waals surface area contributed by atoms with Crippen LogP contribution in [0.25, 0.3) is 0 Å². The molecule has 0 fully saturated rings. The molecule has 0 heterocycles. The van der Waals surface area contributed by atoms with Crippen molar-refractivity contribution in [3.05, 3.63) is 65.2 Å². The van der Waals surface area contributed by atoms with Crippen LogP contribution in [0.4, 0.5) is 0 Å². The zero-order chi connectivity index (χ0) is 18.1. The van der Waals surface area contributed by atoms with Gasteiger partial charge in [-0.15, -0.1) is 0 Å². The van der Waals surface area contributed by atoms with E-state index in [9.17, 15) is 4.79 Å². The van der Waals surface area contributed by atoms with Crippen molar-refractivity contribution >= 4 is 11.9 Å². The van der Waals surface area contributed by atoms with Crippen LogP contribution in [-0.4, -0.2) is 25.5 Å². The van der Waals surface area contributed by atoms with Gasteiger partial charge in [-0.2, -0.15) is 0 Å². The monoisotopic (exact) mass is 340 g/mol. The van der Waals surface area contributed by atoms with E-state index in [2.05, 4.69) is 15.6 Å². The number of carbonyl (C=O) groups is 1. The Morgan fingerprint density at radius 2 is 1.84 bits per heavy atom. The van der Waals surface area contributed by atoms with Gasteiger partial charge in [-0.25, -0.2) is 4.99 Å². The number of ether oxygens (including phenoxy) is 1. The zero-order valence-electron chi connectivity index (χ0n) is 14.6. The predicted molar refractivity (Wildman–Crippen MR) is 99.6 cm³/mol. The van der Waals surface area contributed by atoms with Crippen molar-refractivity contribution in [2.45, 2.75) is 20.0 Å². The number of methoxy groups -OCH3 is 1. The summed E-state index contributed by atoms with van der Waals surface area (Å²) in [6, 6.07) is 15.0. The molecule has 0 aromatic heterocycles. The third-order valence-corrected chi connectivity index (χ3v) is 3.64. The van der Waals surface area contributed by atoms with Crippen molar-refractivity contribution in [3.63, 3.8) is 0 Å². The first-order valence-electron chi connectivity index (χ1n) is 8.17. The number of rotatable bonds is 7. The fourth-order valence-electron chi connectivity index (χ4n) is 2.31. The van der Waals surface area contributed by atoms with Crippen molar-refractivity contribution in [2.24, 2.45) is 10.7 Å². The predicted octanol–water partition coefficient (Wildman–Crippen LogP) is 2.05. The van der Waals surface area contributed by atoms with E-state index in [-0.39, 0.29) is 0 Å². The largest absolute Gasteiger partial charge is 0.496 e. The Balaban J connectivity index is 2.01. The van der Waals surface area contributed by atoms with Crippen molar-refractivity contribution in [1.29, 1.82) is 0 Å². The van der Waals surface area contributed by atoms with Gasteiger partial charge in [0.2, 0.25) is 5.91 Å². The lowest BCUT2D eigenvalue weighted by Gasteiger charge is -2.13. The van der Waals surface area contributed by atoms with Gasteiger partial charge in [-0.05, 0) is 30.7 Å². The highest BCUT2D eigenvalue weighted by Gasteiger charge is 2.04. The number of guanidine groups is 1. The number of amides is 1. The summed E-state index contributed by atoms with van der Waals surface area (Å²) in [6.45, 7) is 3.89. The second-order valence-electron chi connectivity index (χ2n) is 5.42. The average molecular weight is 340 g/mol. The van der Waals surface area contributed by atoms with E-state index in [4.69, 9.17) is 10.5 Å². The Labute approximate surface area is 148 Å². The van der Waals surface area contributed by atoms with Crippen LogP contribution in [0.2, 0.25) is 0 Å². The van der Waals surface area contributed by atoms with Gasteiger partial charge in [-0.1, -0.05) is 30.3 Å². The molecule has 0 aliphatic carbocycles. The van der Waals surface area contributed by atoms with Crippen LogP contribution in [0.5, 0.6) is 5.75 Å². The first-order valence-corrected chi connectivity index (χ1v) is 8.17. The van der Waals surface area contributed by atoms with Gasteiger partial charge in [0.25, 0.3) is 0 Å². The summed E-state index contributed by atoms with van der Waals surface area (Å²) >= 11 is 0. The molecular formula is C19H24N4O2. The summed E-state index contributed by atoms with van der Waals surface area (Å²) in [4.78, 5) is 15.7. The van der Waals surface area contributed by atoms with Crippen LogP contribution in [0.15, 0.2) is 53.5 Å². The first kappa shape index (κ1) is 18.3. The molecule has 4 N–H and O–H groups in total. The van der Waals surface area contributed by atoms with E-state index >= 15 is 0 Å². The summed E-state index contributed by atoms with van der Waals surface area (Å²) < 4.78 is 5.36. The number of hydrogen-bond acceptors (Lipinski definition) is 3. The van der Waals surface area contributed by atoms with Gasteiger partial charge >= 0.3 is 0 Å². The van der Waals surface area contributed by atoms with E-state index < -0.39 is 5.91 Å². The molecule has 0 bridgehead atoms. The van der Waals surface area contributed by atoms with E-state index in [1.165, 1.54) is 0 Å². The SMILES string of the molecule is CCNC(=NCc1ccc(C(N)=O)cc1)NCc1ccccc1OC. The molecule has 2 aromatic carbocycles. The Hall–Kier alpha value is -3.02. The zero-order valence-corrected chi connectivity index (χ0v) is 14.6. The summed E-state index contributed by atoms with van der Waals surface area (Å²) in [6.07, 6.45) is 0. The van der Waals surface area contributed by atoms with Crippen molar-refractivity contribution in [1.82, 2.24) is 10.6 Å². The molecule has 0 radical (unpaired) electrons. The molecule has 25 heavy (non-hydrogen) atoms. The van der Waals surface area contributed by atoms with Crippen LogP contribution in [0.3, 0.4) is 0 Å². The minimum atomic E-state index is -0.429. The second kappa shape index (κ2) is 9.32. The van der Waals surface area contributed by atoms with Crippen LogP contribution < -0.4 is 21.1 Å². The molecule has 132 valence electrons. The molecular weight excluding hydrogens is 316 g/mol. The van der Waals surface area contributed by atoms with Gasteiger partial charge in [0.1, 0.15) is 5.75 Å². The number of aliphatic imine (C=N–C) groups is 1. The molecule has 6 nitrogen and oxygen atoms in total. The van der Waals surface area contributed by atoms with Gasteiger partial charge in [0, 0.05) is 24.2 Å². The fraction of sp³-hybridized carbons (Fsp3) is 0.263. The highest BCUT2D eigenvalue weighted by Crippen LogP contribution is 2.16. The summed E-state index contributed by atoms with van der Waals surface area (Å²) in [5.41, 5.74) is 7.80. The lowest BCUT2D eigenvalue weighted by atomic mass is 10.1. The maximum absolute atomic E-state index is 11.1. The summed E-state index contributed by atoms with van der Waals surface area (Å²) in [5.74, 6) is 1.13. The molecule has 1 amide bonds. The normalized spacial score (nSPS) is 11.0. The van der Waals surface area contributed by atoms with Crippen molar-refractivity contribution in [2.75, 3.05) is 13.7 Å². The van der Waals surface area contributed by atoms with Crippen molar-refractivity contribution in [3.8, 4) is 5.75 Å². The number of para-hydroxylation sites is 1. The van der Waals surface area contributed by atoms with Crippen LogP contribution >= 0.6 is 0 Å². The molecule has 0 unspecified atom stereocenters. The van der Waals surface area contributed by atoms with E-state index in [0.29, 0.717) is 24.6 Å². The molecule has 0 atom stereocenters. The molecule has 2 rings (SSSR count). The maximum Gasteiger partial charge on any atom is 0.248 e. The number of nitrogens with two attached hydrogens (primary N) is 1. The molecule has 0 saturated carbocycles. The quantitative estimate of drug-likeness (QED) is 0.532.